The van der Waals surface area contributed by atoms with E-state index in [2.05, 4.69) is 5.10 Å². The Kier molecular flexibility index (Phi) is 4.77. The molecule has 5 nitrogen and oxygen atoms in total. The van der Waals surface area contributed by atoms with E-state index in [9.17, 15) is 4.79 Å². The Balaban J connectivity index is 2.15. The number of carbonyl (C=O) groups is 1. The van der Waals surface area contributed by atoms with E-state index in [1.165, 1.54) is 6.08 Å². The molecule has 0 aliphatic carbocycles. The maximum absolute atomic E-state index is 12.0. The quantitative estimate of drug-likeness (QED) is 0.605. The van der Waals surface area contributed by atoms with E-state index in [0.29, 0.717) is 17.2 Å². The molecule has 1 aromatic carbocycles. The number of rotatable bonds is 6. The molecular weight excluding hydrogens is 268 g/mol. The van der Waals surface area contributed by atoms with Gasteiger partial charge in [-0.3, -0.25) is 9.48 Å². The van der Waals surface area contributed by atoms with Gasteiger partial charge in [0.15, 0.2) is 11.5 Å². The van der Waals surface area contributed by atoms with Crippen molar-refractivity contribution in [2.75, 3.05) is 14.2 Å². The fraction of sp³-hybridized carbons (Fsp3) is 0.250. The van der Waals surface area contributed by atoms with Crippen LogP contribution in [0.1, 0.15) is 23.0 Å². The smallest absolute Gasteiger partial charge is 0.206 e. The molecule has 0 fully saturated rings. The third-order valence-electron chi connectivity index (χ3n) is 3.05. The van der Waals surface area contributed by atoms with Crippen molar-refractivity contribution in [3.05, 3.63) is 47.8 Å². The molecule has 0 amide bonds. The third-order valence-corrected chi connectivity index (χ3v) is 3.05. The summed E-state index contributed by atoms with van der Waals surface area (Å²) in [6, 6.07) is 7.18. The summed E-state index contributed by atoms with van der Waals surface area (Å²) in [6.45, 7) is 2.72. The molecule has 110 valence electrons. The summed E-state index contributed by atoms with van der Waals surface area (Å²) in [6.07, 6.45) is 5.02. The van der Waals surface area contributed by atoms with E-state index < -0.39 is 0 Å². The molecular formula is C16H18N2O3. The highest BCUT2D eigenvalue weighted by molar-refractivity contribution is 6.05. The van der Waals surface area contributed by atoms with Crippen LogP contribution in [0, 0.1) is 0 Å². The molecule has 0 spiro atoms. The van der Waals surface area contributed by atoms with Gasteiger partial charge < -0.3 is 9.47 Å². The maximum Gasteiger partial charge on any atom is 0.206 e. The van der Waals surface area contributed by atoms with E-state index in [1.54, 1.807) is 43.3 Å². The molecule has 0 unspecified atom stereocenters. The van der Waals surface area contributed by atoms with Gasteiger partial charge in [0.25, 0.3) is 0 Å². The summed E-state index contributed by atoms with van der Waals surface area (Å²) in [5.74, 6) is 1.15. The van der Waals surface area contributed by atoms with Gasteiger partial charge in [-0.2, -0.15) is 5.10 Å². The fourth-order valence-corrected chi connectivity index (χ4v) is 1.88. The van der Waals surface area contributed by atoms with Crippen molar-refractivity contribution >= 4 is 11.9 Å². The molecule has 0 saturated carbocycles. The average Bonchev–Trinajstić information content (AvgIpc) is 3.01. The van der Waals surface area contributed by atoms with Crippen molar-refractivity contribution in [2.45, 2.75) is 13.5 Å². The molecule has 2 rings (SSSR count). The predicted molar refractivity (Wildman–Crippen MR) is 80.8 cm³/mol. The zero-order valence-electron chi connectivity index (χ0n) is 12.4. The van der Waals surface area contributed by atoms with Gasteiger partial charge in [0.1, 0.15) is 5.69 Å². The number of allylic oxidation sites excluding steroid dienone is 1. The van der Waals surface area contributed by atoms with Crippen LogP contribution < -0.4 is 9.47 Å². The number of ketones is 1. The van der Waals surface area contributed by atoms with Crippen LogP contribution >= 0.6 is 0 Å². The minimum Gasteiger partial charge on any atom is -0.493 e. The summed E-state index contributed by atoms with van der Waals surface area (Å²) in [5.41, 5.74) is 1.30. The van der Waals surface area contributed by atoms with Crippen LogP contribution in [0.25, 0.3) is 6.08 Å². The molecule has 0 aliphatic heterocycles. The molecule has 1 heterocycles. The highest BCUT2D eigenvalue weighted by Gasteiger charge is 2.06. The van der Waals surface area contributed by atoms with Crippen LogP contribution in [0.2, 0.25) is 0 Å². The van der Waals surface area contributed by atoms with Crippen molar-refractivity contribution in [1.29, 1.82) is 0 Å². The summed E-state index contributed by atoms with van der Waals surface area (Å²) >= 11 is 0. The van der Waals surface area contributed by atoms with Crippen molar-refractivity contribution in [1.82, 2.24) is 9.78 Å². The van der Waals surface area contributed by atoms with Crippen LogP contribution in [-0.4, -0.2) is 29.8 Å². The Morgan fingerprint density at radius 1 is 1.24 bits per heavy atom. The largest absolute Gasteiger partial charge is 0.493 e. The van der Waals surface area contributed by atoms with Crippen LogP contribution in [0.5, 0.6) is 11.5 Å². The summed E-state index contributed by atoms with van der Waals surface area (Å²) in [4.78, 5) is 12.0. The number of methoxy groups -OCH3 is 2. The molecule has 1 aromatic heterocycles. The highest BCUT2D eigenvalue weighted by Crippen LogP contribution is 2.27. The summed E-state index contributed by atoms with van der Waals surface area (Å²) in [7, 11) is 3.16. The van der Waals surface area contributed by atoms with E-state index in [1.807, 2.05) is 19.1 Å². The Morgan fingerprint density at radius 3 is 2.62 bits per heavy atom. The predicted octanol–water partition coefficient (Wildman–Crippen LogP) is 2.82. The SMILES string of the molecule is CCn1ccc(C(=O)/C=C/c2ccc(OC)c(OC)c2)n1. The zero-order valence-corrected chi connectivity index (χ0v) is 12.4. The number of nitrogens with zero attached hydrogens (tertiary/aromatic N) is 2. The van der Waals surface area contributed by atoms with Crippen LogP contribution in [0.4, 0.5) is 0 Å². The van der Waals surface area contributed by atoms with Gasteiger partial charge in [0.2, 0.25) is 5.78 Å². The second-order valence-electron chi connectivity index (χ2n) is 4.37. The summed E-state index contributed by atoms with van der Waals surface area (Å²) in [5, 5.41) is 4.17. The number of aryl methyl sites for hydroxylation is 1. The molecule has 0 bridgehead atoms. The number of hydrogen-bond donors (Lipinski definition) is 0. The lowest BCUT2D eigenvalue weighted by atomic mass is 10.1. The Bertz CT molecular complexity index is 659. The second kappa shape index (κ2) is 6.74. The second-order valence-corrected chi connectivity index (χ2v) is 4.37. The number of benzene rings is 1. The number of carbonyl (C=O) groups excluding carboxylic acids is 1. The lowest BCUT2D eigenvalue weighted by Gasteiger charge is -2.07. The van der Waals surface area contributed by atoms with Crippen molar-refractivity contribution < 1.29 is 14.3 Å². The Hall–Kier alpha value is -2.56. The van der Waals surface area contributed by atoms with E-state index >= 15 is 0 Å². The van der Waals surface area contributed by atoms with Gasteiger partial charge >= 0.3 is 0 Å². The molecule has 0 atom stereocenters. The first-order valence-corrected chi connectivity index (χ1v) is 6.65. The minimum absolute atomic E-state index is 0.128. The number of aromatic nitrogens is 2. The Labute approximate surface area is 123 Å². The molecule has 2 aromatic rings. The summed E-state index contributed by atoms with van der Waals surface area (Å²) < 4.78 is 12.1. The maximum atomic E-state index is 12.0. The van der Waals surface area contributed by atoms with E-state index in [0.717, 1.165) is 12.1 Å². The zero-order chi connectivity index (χ0) is 15.2. The molecule has 0 radical (unpaired) electrons. The normalized spacial score (nSPS) is 10.8. The highest BCUT2D eigenvalue weighted by atomic mass is 16.5. The van der Waals surface area contributed by atoms with Crippen molar-refractivity contribution in [2.24, 2.45) is 0 Å². The molecule has 0 N–H and O–H groups in total. The van der Waals surface area contributed by atoms with Crippen LogP contribution in [0.15, 0.2) is 36.5 Å². The molecule has 5 heteroatoms. The Morgan fingerprint density at radius 2 is 2.00 bits per heavy atom. The molecule has 21 heavy (non-hydrogen) atoms. The molecule has 0 saturated heterocycles. The molecule has 0 aliphatic rings. The number of ether oxygens (including phenoxy) is 2. The van der Waals surface area contributed by atoms with Gasteiger partial charge in [-0.05, 0) is 36.8 Å². The minimum atomic E-state index is -0.128. The van der Waals surface area contributed by atoms with Gasteiger partial charge in [-0.1, -0.05) is 12.1 Å². The van der Waals surface area contributed by atoms with E-state index in [-0.39, 0.29) is 5.78 Å². The van der Waals surface area contributed by atoms with Gasteiger partial charge in [-0.25, -0.2) is 0 Å². The monoisotopic (exact) mass is 286 g/mol. The standard InChI is InChI=1S/C16H18N2O3/c1-4-18-10-9-13(17-18)14(19)7-5-12-6-8-15(20-2)16(11-12)21-3/h5-11H,4H2,1-3H3/b7-5+. The lowest BCUT2D eigenvalue weighted by Crippen LogP contribution is -1.99. The third kappa shape index (κ3) is 3.51. The first kappa shape index (κ1) is 14.8. The lowest BCUT2D eigenvalue weighted by molar-refractivity contribution is 0.104. The van der Waals surface area contributed by atoms with Crippen LogP contribution in [0.3, 0.4) is 0 Å². The first-order chi connectivity index (χ1) is 10.2. The fourth-order valence-electron chi connectivity index (χ4n) is 1.88. The van der Waals surface area contributed by atoms with E-state index in [4.69, 9.17) is 9.47 Å². The number of hydrogen-bond acceptors (Lipinski definition) is 4. The van der Waals surface area contributed by atoms with Crippen molar-refractivity contribution in [3.63, 3.8) is 0 Å². The van der Waals surface area contributed by atoms with Crippen molar-refractivity contribution in [3.8, 4) is 11.5 Å². The first-order valence-electron chi connectivity index (χ1n) is 6.65. The van der Waals surface area contributed by atoms with Crippen LogP contribution in [-0.2, 0) is 6.54 Å². The van der Waals surface area contributed by atoms with Gasteiger partial charge in [0, 0.05) is 12.7 Å². The van der Waals surface area contributed by atoms with Gasteiger partial charge in [0.05, 0.1) is 14.2 Å². The van der Waals surface area contributed by atoms with Gasteiger partial charge in [-0.15, -0.1) is 0 Å². The average molecular weight is 286 g/mol. The topological polar surface area (TPSA) is 53.4 Å².